The number of benzene rings is 1. The lowest BCUT2D eigenvalue weighted by molar-refractivity contribution is 0.0535. The summed E-state index contributed by atoms with van der Waals surface area (Å²) in [4.78, 5) is 21.9. The number of nitrogens with two attached hydrogens (primary N) is 1. The first kappa shape index (κ1) is 26.1. The molecule has 194 valence electrons. The first-order valence-electron chi connectivity index (χ1n) is 11.9. The van der Waals surface area contributed by atoms with Crippen molar-refractivity contribution in [1.29, 1.82) is 0 Å². The molecule has 2 aromatic heterocycles. The third-order valence-corrected chi connectivity index (χ3v) is 6.55. The molecule has 4 rings (SSSR count). The van der Waals surface area contributed by atoms with E-state index in [1.54, 1.807) is 31.4 Å². The number of hydrogen-bond acceptors (Lipinski definition) is 7. The molecule has 3 heterocycles. The van der Waals surface area contributed by atoms with E-state index in [0.29, 0.717) is 31.0 Å². The van der Waals surface area contributed by atoms with E-state index >= 15 is 4.39 Å². The molecule has 4 N–H and O–H groups in total. The van der Waals surface area contributed by atoms with Crippen molar-refractivity contribution in [2.45, 2.75) is 52.2 Å². The van der Waals surface area contributed by atoms with Crippen molar-refractivity contribution in [3.05, 3.63) is 51.9 Å². The number of halogens is 2. The normalized spacial score (nSPS) is 17.8. The third-order valence-electron chi connectivity index (χ3n) is 6.28. The zero-order valence-corrected chi connectivity index (χ0v) is 21.5. The van der Waals surface area contributed by atoms with Gasteiger partial charge in [-0.3, -0.25) is 9.20 Å². The first-order valence-corrected chi connectivity index (χ1v) is 12.3. The summed E-state index contributed by atoms with van der Waals surface area (Å²) in [6.45, 7) is 8.24. The number of carbonyl (C=O) groups excluding carboxylic acids is 1. The molecule has 1 aliphatic heterocycles. The zero-order valence-electron chi connectivity index (χ0n) is 20.8. The highest BCUT2D eigenvalue weighted by Crippen LogP contribution is 2.42. The Balaban J connectivity index is 1.83. The molecule has 0 aliphatic carbocycles. The Morgan fingerprint density at radius 3 is 2.92 bits per heavy atom. The number of fused-ring (bicyclic) bond motifs is 1. The minimum Gasteiger partial charge on any atom is -0.490 e. The zero-order chi connectivity index (χ0) is 26.2. The van der Waals surface area contributed by atoms with E-state index in [1.807, 2.05) is 0 Å². The molecule has 0 radical (unpaired) electrons. The highest BCUT2D eigenvalue weighted by atomic mass is 35.5. The number of anilines is 1. The maximum Gasteiger partial charge on any atom is 0.258 e. The number of carbonyl (C=O) groups is 1. The van der Waals surface area contributed by atoms with Gasteiger partial charge in [0.2, 0.25) is 0 Å². The van der Waals surface area contributed by atoms with E-state index < -0.39 is 23.4 Å². The van der Waals surface area contributed by atoms with Gasteiger partial charge in [0.1, 0.15) is 34.1 Å². The fraction of sp³-hybridized carbons (Fsp3) is 0.480. The smallest absolute Gasteiger partial charge is 0.258 e. The highest BCUT2D eigenvalue weighted by Gasteiger charge is 2.39. The van der Waals surface area contributed by atoms with Crippen LogP contribution >= 0.6 is 11.6 Å². The van der Waals surface area contributed by atoms with Crippen LogP contribution in [0, 0.1) is 18.7 Å². The fourth-order valence-corrected chi connectivity index (χ4v) is 4.73. The van der Waals surface area contributed by atoms with Gasteiger partial charge in [0.25, 0.3) is 5.91 Å². The van der Waals surface area contributed by atoms with E-state index in [-0.39, 0.29) is 39.5 Å². The minimum atomic E-state index is -1.85. The van der Waals surface area contributed by atoms with Gasteiger partial charge in [-0.2, -0.15) is 0 Å². The van der Waals surface area contributed by atoms with Crippen LogP contribution < -0.4 is 15.8 Å². The molecule has 1 saturated heterocycles. The van der Waals surface area contributed by atoms with Gasteiger partial charge in [-0.05, 0) is 52.5 Å². The average molecular weight is 520 g/mol. The van der Waals surface area contributed by atoms with Crippen molar-refractivity contribution in [2.75, 3.05) is 25.5 Å². The molecule has 0 bridgehead atoms. The highest BCUT2D eigenvalue weighted by molar-refractivity contribution is 6.31. The molecule has 2 atom stereocenters. The Kier molecular flexibility index (Phi) is 7.40. The number of aromatic nitrogens is 3. The fourth-order valence-electron chi connectivity index (χ4n) is 4.53. The largest absolute Gasteiger partial charge is 0.490 e. The van der Waals surface area contributed by atoms with Crippen molar-refractivity contribution in [3.8, 4) is 5.75 Å². The van der Waals surface area contributed by atoms with E-state index in [4.69, 9.17) is 26.8 Å². The quantitative estimate of drug-likeness (QED) is 0.435. The Morgan fingerprint density at radius 2 is 2.25 bits per heavy atom. The summed E-state index contributed by atoms with van der Waals surface area (Å²) in [6.07, 6.45) is 4.47. The molecule has 1 aromatic carbocycles. The molecule has 11 heteroatoms. The predicted octanol–water partition coefficient (Wildman–Crippen LogP) is 3.61. The van der Waals surface area contributed by atoms with Gasteiger partial charge in [-0.15, -0.1) is 0 Å². The number of aliphatic hydroxyl groups is 1. The van der Waals surface area contributed by atoms with E-state index in [2.05, 4.69) is 15.3 Å². The van der Waals surface area contributed by atoms with Crippen LogP contribution in [0.2, 0.25) is 5.02 Å². The van der Waals surface area contributed by atoms with E-state index in [9.17, 15) is 9.90 Å². The summed E-state index contributed by atoms with van der Waals surface area (Å²) in [6, 6.07) is 1.27. The monoisotopic (exact) mass is 519 g/mol. The van der Waals surface area contributed by atoms with Crippen LogP contribution in [0.25, 0.3) is 5.52 Å². The lowest BCUT2D eigenvalue weighted by Crippen LogP contribution is -2.35. The number of ether oxygens (including phenoxy) is 2. The van der Waals surface area contributed by atoms with Gasteiger partial charge in [0, 0.05) is 31.1 Å². The van der Waals surface area contributed by atoms with Crippen LogP contribution in [0.4, 0.5) is 10.2 Å². The van der Waals surface area contributed by atoms with Gasteiger partial charge in [0.05, 0.1) is 23.4 Å². The maximum absolute atomic E-state index is 15.4. The number of imidazole rings is 1. The lowest BCUT2D eigenvalue weighted by atomic mass is 9.91. The summed E-state index contributed by atoms with van der Waals surface area (Å²) in [5.74, 6) is -1.17. The average Bonchev–Trinajstić information content (AvgIpc) is 3.18. The third kappa shape index (κ3) is 4.85. The van der Waals surface area contributed by atoms with E-state index in [0.717, 1.165) is 12.8 Å². The standard InChI is InChI=1S/C25H31ClFN5O4/c1-13(2)36-21-16(25(4,34)24-31-14(3)20-22(28)29-7-8-32(20)24)10-17(26)19(27)18(21)23(33)30-11-15-6-5-9-35-12-15/h7-8,10,13,15,34H,5-6,9,11-12H2,1-4H3,(H2,28,29)(H,30,33)/t15?,25-/m0/s1. The summed E-state index contributed by atoms with van der Waals surface area (Å²) in [5, 5.41) is 14.3. The molecule has 1 unspecified atom stereocenters. The molecule has 0 saturated carbocycles. The van der Waals surface area contributed by atoms with Gasteiger partial charge < -0.3 is 25.6 Å². The van der Waals surface area contributed by atoms with Crippen LogP contribution in [-0.2, 0) is 10.3 Å². The molecule has 36 heavy (non-hydrogen) atoms. The Labute approximate surface area is 213 Å². The van der Waals surface area contributed by atoms with Crippen molar-refractivity contribution in [2.24, 2.45) is 5.92 Å². The molecule has 1 fully saturated rings. The molecule has 0 spiro atoms. The second-order valence-corrected chi connectivity index (χ2v) is 9.92. The van der Waals surface area contributed by atoms with E-state index in [1.165, 1.54) is 19.2 Å². The number of amides is 1. The second kappa shape index (κ2) is 10.2. The SMILES string of the molecule is Cc1nc([C@@](C)(O)c2cc(Cl)c(F)c(C(=O)NCC3CCCOC3)c2OC(C)C)n2ccnc(N)c12. The Morgan fingerprint density at radius 1 is 1.50 bits per heavy atom. The van der Waals surface area contributed by atoms with Crippen molar-refractivity contribution in [3.63, 3.8) is 0 Å². The predicted molar refractivity (Wildman–Crippen MR) is 134 cm³/mol. The summed E-state index contributed by atoms with van der Waals surface area (Å²) in [7, 11) is 0. The van der Waals surface area contributed by atoms with Crippen LogP contribution in [0.1, 0.15) is 61.1 Å². The number of nitrogens with one attached hydrogen (secondary N) is 1. The molecule has 1 aliphatic rings. The number of nitrogens with zero attached hydrogens (tertiary/aromatic N) is 3. The summed E-state index contributed by atoms with van der Waals surface area (Å²) < 4.78 is 28.4. The van der Waals surface area contributed by atoms with Crippen LogP contribution in [0.3, 0.4) is 0 Å². The van der Waals surface area contributed by atoms with Crippen LogP contribution in [0.5, 0.6) is 5.75 Å². The van der Waals surface area contributed by atoms with Crippen molar-refractivity contribution >= 4 is 28.8 Å². The first-order chi connectivity index (χ1) is 17.0. The van der Waals surface area contributed by atoms with Crippen LogP contribution in [-0.4, -0.2) is 51.2 Å². The van der Waals surface area contributed by atoms with Gasteiger partial charge in [-0.1, -0.05) is 11.6 Å². The lowest BCUT2D eigenvalue weighted by Gasteiger charge is -2.28. The molecular formula is C25H31ClFN5O4. The van der Waals surface area contributed by atoms with Crippen molar-refractivity contribution < 1.29 is 23.8 Å². The number of nitrogen functional groups attached to an aromatic ring is 1. The van der Waals surface area contributed by atoms with Gasteiger partial charge in [-0.25, -0.2) is 14.4 Å². The Hall–Kier alpha value is -2.95. The summed E-state index contributed by atoms with van der Waals surface area (Å²) >= 11 is 6.26. The number of aryl methyl sites for hydroxylation is 1. The molecule has 3 aromatic rings. The van der Waals surface area contributed by atoms with Gasteiger partial charge in [0.15, 0.2) is 5.82 Å². The maximum atomic E-state index is 15.4. The topological polar surface area (TPSA) is 124 Å². The van der Waals surface area contributed by atoms with Crippen molar-refractivity contribution in [1.82, 2.24) is 19.7 Å². The summed E-state index contributed by atoms with van der Waals surface area (Å²) in [5.41, 5.74) is 4.98. The Bertz CT molecular complexity index is 1290. The number of hydrogen-bond donors (Lipinski definition) is 3. The molecule has 1 amide bonds. The van der Waals surface area contributed by atoms with Gasteiger partial charge >= 0.3 is 0 Å². The minimum absolute atomic E-state index is 0.0935. The molecule has 9 nitrogen and oxygen atoms in total. The molecular weight excluding hydrogens is 489 g/mol. The number of rotatable bonds is 7. The van der Waals surface area contributed by atoms with Crippen LogP contribution in [0.15, 0.2) is 18.5 Å². The second-order valence-electron chi connectivity index (χ2n) is 9.51.